The van der Waals surface area contributed by atoms with Gasteiger partial charge in [0, 0.05) is 16.6 Å². The highest BCUT2D eigenvalue weighted by molar-refractivity contribution is 7.98. The quantitative estimate of drug-likeness (QED) is 0.275. The van der Waals surface area contributed by atoms with Gasteiger partial charge in [0.25, 0.3) is 0 Å². The lowest BCUT2D eigenvalue weighted by molar-refractivity contribution is 0.291. The maximum absolute atomic E-state index is 6.10. The SMILES string of the molecule is CCOc1ccc(OCc2nnc(SCc3noc(C4CC4)n3)n2-c2ccc(Cl)cc2)cc1. The molecule has 0 aliphatic heterocycles. The smallest absolute Gasteiger partial charge is 0.229 e. The number of halogens is 1. The Morgan fingerprint density at radius 2 is 1.76 bits per heavy atom. The topological polar surface area (TPSA) is 88.1 Å². The monoisotopic (exact) mass is 483 g/mol. The third-order valence-corrected chi connectivity index (χ3v) is 6.21. The highest BCUT2D eigenvalue weighted by atomic mass is 35.5. The van der Waals surface area contributed by atoms with Crippen molar-refractivity contribution in [2.45, 2.75) is 43.2 Å². The van der Waals surface area contributed by atoms with E-state index in [0.717, 1.165) is 35.9 Å². The van der Waals surface area contributed by atoms with E-state index >= 15 is 0 Å². The average molecular weight is 484 g/mol. The van der Waals surface area contributed by atoms with Gasteiger partial charge in [0.15, 0.2) is 16.8 Å². The second-order valence-electron chi connectivity index (χ2n) is 7.52. The van der Waals surface area contributed by atoms with E-state index in [9.17, 15) is 0 Å². The molecule has 5 rings (SSSR count). The lowest BCUT2D eigenvalue weighted by Gasteiger charge is -2.11. The number of rotatable bonds is 10. The molecule has 2 aromatic carbocycles. The second kappa shape index (κ2) is 9.84. The van der Waals surface area contributed by atoms with Crippen molar-refractivity contribution in [1.82, 2.24) is 24.9 Å². The van der Waals surface area contributed by atoms with Crippen molar-refractivity contribution >= 4 is 23.4 Å². The number of hydrogen-bond donors (Lipinski definition) is 0. The fourth-order valence-electron chi connectivity index (χ4n) is 3.23. The van der Waals surface area contributed by atoms with Crippen LogP contribution in [-0.4, -0.2) is 31.5 Å². The summed E-state index contributed by atoms with van der Waals surface area (Å²) in [6.45, 7) is 2.82. The highest BCUT2D eigenvalue weighted by Crippen LogP contribution is 2.39. The van der Waals surface area contributed by atoms with Gasteiger partial charge in [0.1, 0.15) is 18.1 Å². The molecule has 2 aromatic heterocycles. The predicted molar refractivity (Wildman–Crippen MR) is 124 cm³/mol. The number of hydrogen-bond acceptors (Lipinski definition) is 8. The third kappa shape index (κ3) is 5.31. The van der Waals surface area contributed by atoms with E-state index in [4.69, 9.17) is 25.6 Å². The molecule has 33 heavy (non-hydrogen) atoms. The van der Waals surface area contributed by atoms with Gasteiger partial charge in [-0.25, -0.2) is 0 Å². The Hall–Kier alpha value is -3.04. The third-order valence-electron chi connectivity index (χ3n) is 5.03. The van der Waals surface area contributed by atoms with E-state index < -0.39 is 0 Å². The molecule has 1 aliphatic carbocycles. The van der Waals surface area contributed by atoms with Gasteiger partial charge in [0.2, 0.25) is 5.89 Å². The standard InChI is InChI=1S/C23H22ClN5O3S/c1-2-30-18-9-11-19(12-10-18)31-13-21-26-27-23(29(21)17-7-5-16(24)6-8-17)33-14-20-25-22(32-28-20)15-3-4-15/h5-12,15H,2-4,13-14H2,1H3. The molecular weight excluding hydrogens is 462 g/mol. The molecule has 4 aromatic rings. The maximum Gasteiger partial charge on any atom is 0.229 e. The first-order chi connectivity index (χ1) is 16.2. The van der Waals surface area contributed by atoms with Crippen molar-refractivity contribution in [3.63, 3.8) is 0 Å². The molecule has 170 valence electrons. The van der Waals surface area contributed by atoms with Crippen LogP contribution in [-0.2, 0) is 12.4 Å². The molecule has 0 amide bonds. The van der Waals surface area contributed by atoms with E-state index in [1.807, 2.05) is 60.0 Å². The van der Waals surface area contributed by atoms with Gasteiger partial charge in [-0.05, 0) is 68.3 Å². The Balaban J connectivity index is 1.33. The van der Waals surface area contributed by atoms with E-state index in [-0.39, 0.29) is 6.61 Å². The van der Waals surface area contributed by atoms with Crippen LogP contribution in [0.3, 0.4) is 0 Å². The zero-order chi connectivity index (χ0) is 22.6. The molecule has 2 heterocycles. The van der Waals surface area contributed by atoms with E-state index in [0.29, 0.717) is 40.1 Å². The molecular formula is C23H22ClN5O3S. The largest absolute Gasteiger partial charge is 0.494 e. The van der Waals surface area contributed by atoms with Crippen LogP contribution in [0.4, 0.5) is 0 Å². The van der Waals surface area contributed by atoms with E-state index in [1.165, 1.54) is 11.8 Å². The second-order valence-corrected chi connectivity index (χ2v) is 8.89. The first kappa shape index (κ1) is 21.8. The normalized spacial score (nSPS) is 13.3. The van der Waals surface area contributed by atoms with Crippen LogP contribution in [0.2, 0.25) is 5.02 Å². The Bertz CT molecular complexity index is 1210. The summed E-state index contributed by atoms with van der Waals surface area (Å²) in [4.78, 5) is 4.50. The summed E-state index contributed by atoms with van der Waals surface area (Å²) < 4.78 is 18.8. The number of benzene rings is 2. The molecule has 0 atom stereocenters. The molecule has 10 heteroatoms. The van der Waals surface area contributed by atoms with Crippen LogP contribution in [0, 0.1) is 0 Å². The number of aromatic nitrogens is 5. The minimum absolute atomic E-state index is 0.248. The zero-order valence-corrected chi connectivity index (χ0v) is 19.6. The van der Waals surface area contributed by atoms with Crippen molar-refractivity contribution in [2.24, 2.45) is 0 Å². The fraction of sp³-hybridized carbons (Fsp3) is 0.304. The summed E-state index contributed by atoms with van der Waals surface area (Å²) in [7, 11) is 0. The lowest BCUT2D eigenvalue weighted by atomic mass is 10.3. The summed E-state index contributed by atoms with van der Waals surface area (Å²) in [5, 5.41) is 14.2. The molecule has 0 unspecified atom stereocenters. The predicted octanol–water partition coefficient (Wildman–Crippen LogP) is 5.45. The van der Waals surface area contributed by atoms with Gasteiger partial charge in [-0.3, -0.25) is 4.57 Å². The van der Waals surface area contributed by atoms with E-state index in [1.54, 1.807) is 0 Å². The van der Waals surface area contributed by atoms with Gasteiger partial charge in [0.05, 0.1) is 12.4 Å². The summed E-state index contributed by atoms with van der Waals surface area (Å²) >= 11 is 7.59. The Morgan fingerprint density at radius 3 is 2.45 bits per heavy atom. The van der Waals surface area contributed by atoms with Gasteiger partial charge in [-0.1, -0.05) is 28.5 Å². The molecule has 0 N–H and O–H groups in total. The van der Waals surface area contributed by atoms with Gasteiger partial charge < -0.3 is 14.0 Å². The minimum atomic E-state index is 0.248. The van der Waals surface area contributed by atoms with Gasteiger partial charge in [-0.2, -0.15) is 4.98 Å². The summed E-state index contributed by atoms with van der Waals surface area (Å²) in [6, 6.07) is 15.0. The molecule has 0 bridgehead atoms. The lowest BCUT2D eigenvalue weighted by Crippen LogP contribution is -2.06. The van der Waals surface area contributed by atoms with Crippen molar-refractivity contribution in [3.8, 4) is 17.2 Å². The molecule has 0 spiro atoms. The molecule has 1 aliphatic rings. The van der Waals surface area contributed by atoms with Crippen molar-refractivity contribution in [1.29, 1.82) is 0 Å². The summed E-state index contributed by atoms with van der Waals surface area (Å²) in [6.07, 6.45) is 2.24. The minimum Gasteiger partial charge on any atom is -0.494 e. The summed E-state index contributed by atoms with van der Waals surface area (Å²) in [5.74, 6) is 4.54. The average Bonchev–Trinajstić information content (AvgIpc) is 3.44. The van der Waals surface area contributed by atoms with Crippen LogP contribution in [0.1, 0.15) is 43.2 Å². The first-order valence-corrected chi connectivity index (χ1v) is 12.1. The molecule has 8 nitrogen and oxygen atoms in total. The zero-order valence-electron chi connectivity index (χ0n) is 18.0. The van der Waals surface area contributed by atoms with Crippen LogP contribution in [0.25, 0.3) is 5.69 Å². The van der Waals surface area contributed by atoms with Crippen LogP contribution in [0.15, 0.2) is 58.2 Å². The number of nitrogens with zero attached hydrogens (tertiary/aromatic N) is 5. The van der Waals surface area contributed by atoms with Gasteiger partial charge in [-0.15, -0.1) is 10.2 Å². The van der Waals surface area contributed by atoms with Crippen LogP contribution in [0.5, 0.6) is 11.5 Å². The first-order valence-electron chi connectivity index (χ1n) is 10.7. The van der Waals surface area contributed by atoms with Crippen LogP contribution >= 0.6 is 23.4 Å². The molecule has 1 fully saturated rings. The van der Waals surface area contributed by atoms with E-state index in [2.05, 4.69) is 20.3 Å². The van der Waals surface area contributed by atoms with Crippen molar-refractivity contribution < 1.29 is 14.0 Å². The van der Waals surface area contributed by atoms with Gasteiger partial charge >= 0.3 is 0 Å². The number of ether oxygens (including phenoxy) is 2. The van der Waals surface area contributed by atoms with Crippen molar-refractivity contribution in [3.05, 3.63) is 71.1 Å². The Kier molecular flexibility index (Phi) is 6.50. The maximum atomic E-state index is 6.10. The van der Waals surface area contributed by atoms with Crippen LogP contribution < -0.4 is 9.47 Å². The Morgan fingerprint density at radius 1 is 1.03 bits per heavy atom. The highest BCUT2D eigenvalue weighted by Gasteiger charge is 2.29. The Labute approximate surface area is 200 Å². The summed E-state index contributed by atoms with van der Waals surface area (Å²) in [5.41, 5.74) is 0.893. The van der Waals surface area contributed by atoms with Crippen molar-refractivity contribution in [2.75, 3.05) is 6.61 Å². The number of thioether (sulfide) groups is 1. The fourth-order valence-corrected chi connectivity index (χ4v) is 4.17. The molecule has 0 saturated heterocycles. The molecule has 0 radical (unpaired) electrons. The molecule has 1 saturated carbocycles.